The fourth-order valence-electron chi connectivity index (χ4n) is 2.01. The van der Waals surface area contributed by atoms with Crippen molar-refractivity contribution in [2.45, 2.75) is 44.9 Å². The Bertz CT molecular complexity index is 319. The summed E-state index contributed by atoms with van der Waals surface area (Å²) < 4.78 is 0. The van der Waals surface area contributed by atoms with Crippen LogP contribution in [0, 0.1) is 5.92 Å². The summed E-state index contributed by atoms with van der Waals surface area (Å²) in [7, 11) is 0. The molecule has 0 aliphatic heterocycles. The highest BCUT2D eigenvalue weighted by Crippen LogP contribution is 2.11. The summed E-state index contributed by atoms with van der Waals surface area (Å²) in [6.07, 6.45) is 0.815. The third-order valence-corrected chi connectivity index (χ3v) is 2.94. The van der Waals surface area contributed by atoms with Gasteiger partial charge in [-0.15, -0.1) is 12.4 Å². The molecule has 1 aromatic carbocycles. The third kappa shape index (κ3) is 5.83. The monoisotopic (exact) mass is 272 g/mol. The van der Waals surface area contributed by atoms with Gasteiger partial charge in [0.2, 0.25) is 0 Å². The van der Waals surface area contributed by atoms with Crippen LogP contribution in [0.15, 0.2) is 30.3 Å². The number of nitrogens with two attached hydrogens (primary N) is 2. The molecule has 3 unspecified atom stereocenters. The van der Waals surface area contributed by atoms with Gasteiger partial charge in [0.25, 0.3) is 0 Å². The molecule has 0 aliphatic carbocycles. The maximum atomic E-state index is 10.0. The van der Waals surface area contributed by atoms with E-state index in [0.29, 0.717) is 12.3 Å². The van der Waals surface area contributed by atoms with Crippen LogP contribution in [-0.2, 0) is 6.42 Å². The number of benzene rings is 1. The van der Waals surface area contributed by atoms with E-state index in [0.717, 1.165) is 12.0 Å². The number of halogens is 1. The van der Waals surface area contributed by atoms with Gasteiger partial charge in [-0.2, -0.15) is 0 Å². The number of hydrogen-bond donors (Lipinski definition) is 3. The summed E-state index contributed by atoms with van der Waals surface area (Å²) in [5.74, 6) is 0.476. The Morgan fingerprint density at radius 1 is 1.06 bits per heavy atom. The maximum Gasteiger partial charge on any atom is 0.0844 e. The van der Waals surface area contributed by atoms with Crippen molar-refractivity contribution in [3.8, 4) is 0 Å². The van der Waals surface area contributed by atoms with E-state index in [1.807, 2.05) is 30.3 Å². The second-order valence-corrected chi connectivity index (χ2v) is 5.14. The zero-order valence-corrected chi connectivity index (χ0v) is 11.9. The molecule has 0 saturated carbocycles. The fourth-order valence-corrected chi connectivity index (χ4v) is 2.01. The molecule has 0 aliphatic rings. The number of aliphatic hydroxyl groups is 1. The van der Waals surface area contributed by atoms with Crippen molar-refractivity contribution in [3.05, 3.63) is 35.9 Å². The third-order valence-electron chi connectivity index (χ3n) is 2.94. The number of hydrogen-bond acceptors (Lipinski definition) is 3. The molecule has 0 saturated heterocycles. The summed E-state index contributed by atoms with van der Waals surface area (Å²) in [6.45, 7) is 4.19. The average Bonchev–Trinajstić information content (AvgIpc) is 2.28. The normalized spacial score (nSPS) is 15.9. The van der Waals surface area contributed by atoms with Gasteiger partial charge in [-0.25, -0.2) is 0 Å². The lowest BCUT2D eigenvalue weighted by molar-refractivity contribution is 0.107. The summed E-state index contributed by atoms with van der Waals surface area (Å²) in [6, 6.07) is 9.40. The van der Waals surface area contributed by atoms with Crippen LogP contribution in [0.5, 0.6) is 0 Å². The molecule has 0 amide bonds. The Hall–Kier alpha value is -0.610. The molecule has 0 heterocycles. The molecule has 5 N–H and O–H groups in total. The van der Waals surface area contributed by atoms with Crippen LogP contribution in [-0.4, -0.2) is 23.3 Å². The minimum absolute atomic E-state index is 0. The lowest BCUT2D eigenvalue weighted by atomic mass is 9.93. The number of rotatable bonds is 6. The van der Waals surface area contributed by atoms with Crippen molar-refractivity contribution in [1.82, 2.24) is 0 Å². The van der Waals surface area contributed by atoms with Gasteiger partial charge < -0.3 is 16.6 Å². The molecule has 0 radical (unpaired) electrons. The number of aliphatic hydroxyl groups excluding tert-OH is 1. The molecule has 4 heteroatoms. The predicted molar refractivity (Wildman–Crippen MR) is 78.8 cm³/mol. The molecule has 3 atom stereocenters. The first-order chi connectivity index (χ1) is 8.00. The van der Waals surface area contributed by atoms with Gasteiger partial charge >= 0.3 is 0 Å². The van der Waals surface area contributed by atoms with Gasteiger partial charge in [-0.05, 0) is 24.3 Å². The van der Waals surface area contributed by atoms with Crippen LogP contribution in [0.4, 0.5) is 0 Å². The van der Waals surface area contributed by atoms with Crippen molar-refractivity contribution in [1.29, 1.82) is 0 Å². The van der Waals surface area contributed by atoms with E-state index < -0.39 is 6.10 Å². The summed E-state index contributed by atoms with van der Waals surface area (Å²) in [4.78, 5) is 0. The quantitative estimate of drug-likeness (QED) is 0.738. The van der Waals surface area contributed by atoms with Crippen molar-refractivity contribution < 1.29 is 5.11 Å². The zero-order chi connectivity index (χ0) is 12.8. The highest BCUT2D eigenvalue weighted by atomic mass is 35.5. The first-order valence-corrected chi connectivity index (χ1v) is 6.24. The molecular formula is C14H25ClN2O. The van der Waals surface area contributed by atoms with E-state index in [1.54, 1.807) is 0 Å². The van der Waals surface area contributed by atoms with Crippen LogP contribution in [0.3, 0.4) is 0 Å². The molecule has 1 aromatic rings. The molecular weight excluding hydrogens is 248 g/mol. The summed E-state index contributed by atoms with van der Waals surface area (Å²) in [5.41, 5.74) is 13.1. The second-order valence-electron chi connectivity index (χ2n) is 5.14. The Kier molecular flexibility index (Phi) is 8.20. The highest BCUT2D eigenvalue weighted by Gasteiger charge is 2.22. The lowest BCUT2D eigenvalue weighted by Gasteiger charge is -2.26. The minimum Gasteiger partial charge on any atom is -0.390 e. The van der Waals surface area contributed by atoms with Gasteiger partial charge in [0, 0.05) is 12.1 Å². The van der Waals surface area contributed by atoms with Crippen molar-refractivity contribution >= 4 is 12.4 Å². The molecule has 104 valence electrons. The van der Waals surface area contributed by atoms with E-state index in [1.165, 1.54) is 0 Å². The fraction of sp³-hybridized carbons (Fsp3) is 0.571. The minimum atomic E-state index is -0.641. The van der Waals surface area contributed by atoms with E-state index in [-0.39, 0.29) is 24.5 Å². The standard InChI is InChI=1S/C14H24N2O.ClH/c1-10(2)8-12(15)14(17)13(16)9-11-6-4-3-5-7-11;/h3-7,10,12-14,17H,8-9,15-16H2,1-2H3;1H. The Balaban J connectivity index is 0.00000289. The van der Waals surface area contributed by atoms with Crippen LogP contribution < -0.4 is 11.5 Å². The van der Waals surface area contributed by atoms with Gasteiger partial charge in [-0.3, -0.25) is 0 Å². The molecule has 18 heavy (non-hydrogen) atoms. The Labute approximate surface area is 116 Å². The molecule has 0 bridgehead atoms. The summed E-state index contributed by atoms with van der Waals surface area (Å²) in [5, 5.41) is 10.0. The molecule has 0 spiro atoms. The van der Waals surface area contributed by atoms with Crippen LogP contribution in [0.1, 0.15) is 25.8 Å². The lowest BCUT2D eigenvalue weighted by Crippen LogP contribution is -2.48. The first-order valence-electron chi connectivity index (χ1n) is 6.24. The van der Waals surface area contributed by atoms with Gasteiger partial charge in [0.15, 0.2) is 0 Å². The second kappa shape index (κ2) is 8.48. The van der Waals surface area contributed by atoms with Gasteiger partial charge in [-0.1, -0.05) is 44.2 Å². The van der Waals surface area contributed by atoms with Crippen LogP contribution >= 0.6 is 12.4 Å². The van der Waals surface area contributed by atoms with Crippen LogP contribution in [0.2, 0.25) is 0 Å². The van der Waals surface area contributed by atoms with Gasteiger partial charge in [0.1, 0.15) is 0 Å². The Morgan fingerprint density at radius 2 is 1.61 bits per heavy atom. The first kappa shape index (κ1) is 17.4. The zero-order valence-electron chi connectivity index (χ0n) is 11.1. The molecule has 0 fully saturated rings. The largest absolute Gasteiger partial charge is 0.390 e. The smallest absolute Gasteiger partial charge is 0.0844 e. The van der Waals surface area contributed by atoms with E-state index in [2.05, 4.69) is 13.8 Å². The Morgan fingerprint density at radius 3 is 2.11 bits per heavy atom. The average molecular weight is 273 g/mol. The molecule has 3 nitrogen and oxygen atoms in total. The van der Waals surface area contributed by atoms with Gasteiger partial charge in [0.05, 0.1) is 6.10 Å². The maximum absolute atomic E-state index is 10.0. The van der Waals surface area contributed by atoms with Crippen LogP contribution in [0.25, 0.3) is 0 Å². The molecule has 1 rings (SSSR count). The predicted octanol–water partition coefficient (Wildman–Crippen LogP) is 1.71. The molecule has 0 aromatic heterocycles. The van der Waals surface area contributed by atoms with E-state index in [4.69, 9.17) is 11.5 Å². The van der Waals surface area contributed by atoms with E-state index in [9.17, 15) is 5.11 Å². The van der Waals surface area contributed by atoms with Crippen molar-refractivity contribution in [2.75, 3.05) is 0 Å². The SMILES string of the molecule is CC(C)CC(N)C(O)C(N)Cc1ccccc1.Cl. The highest BCUT2D eigenvalue weighted by molar-refractivity contribution is 5.85. The topological polar surface area (TPSA) is 72.3 Å². The van der Waals surface area contributed by atoms with Crippen molar-refractivity contribution in [3.63, 3.8) is 0 Å². The van der Waals surface area contributed by atoms with Crippen molar-refractivity contribution in [2.24, 2.45) is 17.4 Å². The van der Waals surface area contributed by atoms with E-state index >= 15 is 0 Å². The summed E-state index contributed by atoms with van der Waals surface area (Å²) >= 11 is 0.